The SMILES string of the molecule is Cc1ccc(F)c(-c2cncc(Cl)n2)c1. The predicted molar refractivity (Wildman–Crippen MR) is 57.2 cm³/mol. The zero-order valence-electron chi connectivity index (χ0n) is 8.04. The van der Waals surface area contributed by atoms with E-state index in [1.807, 2.05) is 6.92 Å². The fraction of sp³-hybridized carbons (Fsp3) is 0.0909. The lowest BCUT2D eigenvalue weighted by Crippen LogP contribution is -1.90. The Morgan fingerprint density at radius 1 is 1.27 bits per heavy atom. The molecule has 2 rings (SSSR count). The average molecular weight is 223 g/mol. The first kappa shape index (κ1) is 10.1. The Kier molecular flexibility index (Phi) is 2.64. The van der Waals surface area contributed by atoms with Crippen molar-refractivity contribution in [2.45, 2.75) is 6.92 Å². The number of rotatable bonds is 1. The molecule has 0 atom stereocenters. The van der Waals surface area contributed by atoms with Crippen molar-refractivity contribution in [3.05, 3.63) is 47.1 Å². The lowest BCUT2D eigenvalue weighted by Gasteiger charge is -2.03. The molecule has 0 bridgehead atoms. The number of hydrogen-bond donors (Lipinski definition) is 0. The van der Waals surface area contributed by atoms with Crippen LogP contribution in [0.4, 0.5) is 4.39 Å². The number of hydrogen-bond acceptors (Lipinski definition) is 2. The standard InChI is InChI=1S/C11H8ClFN2/c1-7-2-3-9(13)8(4-7)10-5-14-6-11(12)15-10/h2-6H,1H3. The molecule has 0 radical (unpaired) electrons. The molecule has 0 aliphatic heterocycles. The van der Waals surface area contributed by atoms with Gasteiger partial charge in [0, 0.05) is 5.56 Å². The molecule has 15 heavy (non-hydrogen) atoms. The van der Waals surface area contributed by atoms with Crippen LogP contribution in [-0.4, -0.2) is 9.97 Å². The third-order valence-electron chi connectivity index (χ3n) is 2.00. The first-order chi connectivity index (χ1) is 7.16. The van der Waals surface area contributed by atoms with E-state index in [9.17, 15) is 4.39 Å². The van der Waals surface area contributed by atoms with Crippen LogP contribution in [0.25, 0.3) is 11.3 Å². The van der Waals surface area contributed by atoms with Gasteiger partial charge in [0.2, 0.25) is 0 Å². The molecule has 76 valence electrons. The van der Waals surface area contributed by atoms with Gasteiger partial charge in [0.25, 0.3) is 0 Å². The molecule has 0 saturated carbocycles. The monoisotopic (exact) mass is 222 g/mol. The summed E-state index contributed by atoms with van der Waals surface area (Å²) in [5.74, 6) is -0.322. The molecule has 0 spiro atoms. The smallest absolute Gasteiger partial charge is 0.148 e. The van der Waals surface area contributed by atoms with Gasteiger partial charge in [-0.3, -0.25) is 4.98 Å². The summed E-state index contributed by atoms with van der Waals surface area (Å²) >= 11 is 5.69. The Bertz CT molecular complexity index is 500. The van der Waals surface area contributed by atoms with Gasteiger partial charge in [0.15, 0.2) is 0 Å². The van der Waals surface area contributed by atoms with E-state index in [2.05, 4.69) is 9.97 Å². The fourth-order valence-corrected chi connectivity index (χ4v) is 1.45. The highest BCUT2D eigenvalue weighted by Gasteiger charge is 2.07. The van der Waals surface area contributed by atoms with Gasteiger partial charge in [0.1, 0.15) is 11.0 Å². The molecule has 0 N–H and O–H groups in total. The molecule has 0 aliphatic rings. The molecule has 0 saturated heterocycles. The minimum Gasteiger partial charge on any atom is -0.259 e. The van der Waals surface area contributed by atoms with Crippen LogP contribution in [0.15, 0.2) is 30.6 Å². The summed E-state index contributed by atoms with van der Waals surface area (Å²) in [7, 11) is 0. The van der Waals surface area contributed by atoms with E-state index >= 15 is 0 Å². The van der Waals surface area contributed by atoms with Crippen molar-refractivity contribution >= 4 is 11.6 Å². The molecule has 1 aromatic heterocycles. The largest absolute Gasteiger partial charge is 0.259 e. The Morgan fingerprint density at radius 3 is 2.80 bits per heavy atom. The van der Waals surface area contributed by atoms with Crippen molar-refractivity contribution in [1.82, 2.24) is 9.97 Å². The van der Waals surface area contributed by atoms with E-state index in [4.69, 9.17) is 11.6 Å². The van der Waals surface area contributed by atoms with Crippen molar-refractivity contribution in [3.8, 4) is 11.3 Å². The van der Waals surface area contributed by atoms with Crippen molar-refractivity contribution in [1.29, 1.82) is 0 Å². The van der Waals surface area contributed by atoms with Gasteiger partial charge in [-0.2, -0.15) is 0 Å². The van der Waals surface area contributed by atoms with E-state index in [1.54, 1.807) is 12.1 Å². The minimum atomic E-state index is -0.322. The van der Waals surface area contributed by atoms with Gasteiger partial charge in [-0.15, -0.1) is 0 Å². The van der Waals surface area contributed by atoms with Crippen LogP contribution in [0.1, 0.15) is 5.56 Å². The third-order valence-corrected chi connectivity index (χ3v) is 2.19. The normalized spacial score (nSPS) is 10.3. The molecule has 0 fully saturated rings. The van der Waals surface area contributed by atoms with Crippen molar-refractivity contribution in [2.24, 2.45) is 0 Å². The van der Waals surface area contributed by atoms with E-state index < -0.39 is 0 Å². The molecular formula is C11H8ClFN2. The first-order valence-electron chi connectivity index (χ1n) is 4.41. The molecule has 4 heteroatoms. The van der Waals surface area contributed by atoms with Crippen LogP contribution < -0.4 is 0 Å². The highest BCUT2D eigenvalue weighted by Crippen LogP contribution is 2.22. The number of nitrogens with zero attached hydrogens (tertiary/aromatic N) is 2. The summed E-state index contributed by atoms with van der Waals surface area (Å²) in [5, 5.41) is 0.258. The number of benzene rings is 1. The van der Waals surface area contributed by atoms with Crippen LogP contribution in [0.2, 0.25) is 5.15 Å². The van der Waals surface area contributed by atoms with Crippen LogP contribution >= 0.6 is 11.6 Å². The Labute approximate surface area is 91.8 Å². The summed E-state index contributed by atoms with van der Waals surface area (Å²) in [5.41, 5.74) is 1.84. The molecule has 1 aromatic carbocycles. The van der Waals surface area contributed by atoms with Crippen LogP contribution in [0.3, 0.4) is 0 Å². The van der Waals surface area contributed by atoms with Gasteiger partial charge in [0.05, 0.1) is 18.1 Å². The Hall–Kier alpha value is -1.48. The molecule has 0 aliphatic carbocycles. The molecule has 1 heterocycles. The Balaban J connectivity index is 2.58. The highest BCUT2D eigenvalue weighted by atomic mass is 35.5. The summed E-state index contributed by atoms with van der Waals surface area (Å²) < 4.78 is 13.5. The second-order valence-corrected chi connectivity index (χ2v) is 3.60. The van der Waals surface area contributed by atoms with Crippen LogP contribution in [-0.2, 0) is 0 Å². The maximum Gasteiger partial charge on any atom is 0.148 e. The van der Waals surface area contributed by atoms with Gasteiger partial charge >= 0.3 is 0 Å². The predicted octanol–water partition coefficient (Wildman–Crippen LogP) is 3.24. The van der Waals surface area contributed by atoms with E-state index in [1.165, 1.54) is 18.5 Å². The maximum atomic E-state index is 13.5. The maximum absolute atomic E-state index is 13.5. The fourth-order valence-electron chi connectivity index (χ4n) is 1.31. The first-order valence-corrected chi connectivity index (χ1v) is 4.78. The summed E-state index contributed by atoms with van der Waals surface area (Å²) in [6.07, 6.45) is 2.91. The quantitative estimate of drug-likeness (QED) is 0.740. The van der Waals surface area contributed by atoms with Crippen LogP contribution in [0, 0.1) is 12.7 Å². The number of aromatic nitrogens is 2. The zero-order chi connectivity index (χ0) is 10.8. The highest BCUT2D eigenvalue weighted by molar-refractivity contribution is 6.29. The van der Waals surface area contributed by atoms with Gasteiger partial charge in [-0.05, 0) is 19.1 Å². The van der Waals surface area contributed by atoms with E-state index in [-0.39, 0.29) is 11.0 Å². The lowest BCUT2D eigenvalue weighted by atomic mass is 10.1. The topological polar surface area (TPSA) is 25.8 Å². The lowest BCUT2D eigenvalue weighted by molar-refractivity contribution is 0.630. The number of aryl methyl sites for hydroxylation is 1. The molecule has 0 unspecified atom stereocenters. The van der Waals surface area contributed by atoms with E-state index in [0.29, 0.717) is 11.3 Å². The molecule has 0 amide bonds. The second kappa shape index (κ2) is 3.95. The van der Waals surface area contributed by atoms with Gasteiger partial charge in [-0.1, -0.05) is 23.2 Å². The summed E-state index contributed by atoms with van der Waals surface area (Å²) in [4.78, 5) is 7.88. The van der Waals surface area contributed by atoms with E-state index in [0.717, 1.165) is 5.56 Å². The number of halogens is 2. The Morgan fingerprint density at radius 2 is 2.07 bits per heavy atom. The summed E-state index contributed by atoms with van der Waals surface area (Å²) in [6.45, 7) is 1.89. The molecule has 2 aromatic rings. The molecule has 2 nitrogen and oxygen atoms in total. The zero-order valence-corrected chi connectivity index (χ0v) is 8.79. The van der Waals surface area contributed by atoms with Crippen molar-refractivity contribution in [2.75, 3.05) is 0 Å². The van der Waals surface area contributed by atoms with Gasteiger partial charge < -0.3 is 0 Å². The summed E-state index contributed by atoms with van der Waals surface area (Å²) in [6, 6.07) is 4.83. The third kappa shape index (κ3) is 2.13. The van der Waals surface area contributed by atoms with Gasteiger partial charge in [-0.25, -0.2) is 9.37 Å². The minimum absolute atomic E-state index is 0.258. The average Bonchev–Trinajstić information content (AvgIpc) is 2.22. The molecular weight excluding hydrogens is 215 g/mol. The second-order valence-electron chi connectivity index (χ2n) is 3.21. The van der Waals surface area contributed by atoms with Crippen molar-refractivity contribution < 1.29 is 4.39 Å². The van der Waals surface area contributed by atoms with Crippen LogP contribution in [0.5, 0.6) is 0 Å². The van der Waals surface area contributed by atoms with Crippen molar-refractivity contribution in [3.63, 3.8) is 0 Å².